The number of para-hydroxylation sites is 1. The van der Waals surface area contributed by atoms with Crippen LogP contribution < -0.4 is 5.32 Å². The molecule has 0 saturated carbocycles. The average Bonchev–Trinajstić information content (AvgIpc) is 2.97. The molecule has 4 heteroatoms. The van der Waals surface area contributed by atoms with Crippen molar-refractivity contribution in [3.8, 4) is 0 Å². The van der Waals surface area contributed by atoms with Crippen LogP contribution in [0.15, 0.2) is 24.3 Å². The topological polar surface area (TPSA) is 41.6 Å². The molecule has 2 rings (SSSR count). The van der Waals surface area contributed by atoms with Crippen molar-refractivity contribution in [3.05, 3.63) is 29.8 Å². The molecule has 1 aliphatic rings. The molecule has 1 amide bonds. The third kappa shape index (κ3) is 3.96. The van der Waals surface area contributed by atoms with Gasteiger partial charge in [-0.1, -0.05) is 18.2 Å². The van der Waals surface area contributed by atoms with E-state index >= 15 is 0 Å². The van der Waals surface area contributed by atoms with E-state index in [0.717, 1.165) is 38.0 Å². The number of likely N-dealkylation sites (tertiary alicyclic amines) is 1. The van der Waals surface area contributed by atoms with Crippen LogP contribution in [-0.4, -0.2) is 44.2 Å². The maximum atomic E-state index is 12.0. The Labute approximate surface area is 114 Å². The third-order valence-electron chi connectivity index (χ3n) is 3.48. The van der Waals surface area contributed by atoms with E-state index in [0.29, 0.717) is 13.2 Å². The van der Waals surface area contributed by atoms with Crippen LogP contribution in [-0.2, 0) is 16.0 Å². The van der Waals surface area contributed by atoms with E-state index in [4.69, 9.17) is 4.74 Å². The second kappa shape index (κ2) is 7.14. The maximum Gasteiger partial charge on any atom is 0.241 e. The third-order valence-corrected chi connectivity index (χ3v) is 3.48. The molecule has 1 aromatic carbocycles. The zero-order chi connectivity index (χ0) is 13.5. The van der Waals surface area contributed by atoms with Crippen LogP contribution in [0.25, 0.3) is 0 Å². The summed E-state index contributed by atoms with van der Waals surface area (Å²) in [4.78, 5) is 13.9. The summed E-state index contributed by atoms with van der Waals surface area (Å²) >= 11 is 0. The van der Waals surface area contributed by atoms with E-state index in [1.165, 1.54) is 5.56 Å². The Hall–Kier alpha value is -1.55. The number of ether oxygens (including phenoxy) is 1. The molecule has 0 aliphatic carbocycles. The van der Waals surface area contributed by atoms with Gasteiger partial charge in [-0.15, -0.1) is 0 Å². The summed E-state index contributed by atoms with van der Waals surface area (Å²) < 4.78 is 5.10. The molecular weight excluding hydrogens is 240 g/mol. The highest BCUT2D eigenvalue weighted by atomic mass is 16.5. The Morgan fingerprint density at radius 2 is 2.05 bits per heavy atom. The summed E-state index contributed by atoms with van der Waals surface area (Å²) in [7, 11) is 1.70. The van der Waals surface area contributed by atoms with Gasteiger partial charge in [0.1, 0.15) is 0 Å². The fourth-order valence-corrected chi connectivity index (χ4v) is 2.37. The van der Waals surface area contributed by atoms with Gasteiger partial charge >= 0.3 is 0 Å². The van der Waals surface area contributed by atoms with Crippen LogP contribution in [0, 0.1) is 0 Å². The molecule has 0 aromatic heterocycles. The van der Waals surface area contributed by atoms with Crippen molar-refractivity contribution >= 4 is 11.6 Å². The molecule has 0 unspecified atom stereocenters. The van der Waals surface area contributed by atoms with Crippen LogP contribution in [0.2, 0.25) is 0 Å². The molecule has 0 atom stereocenters. The number of hydrogen-bond acceptors (Lipinski definition) is 3. The van der Waals surface area contributed by atoms with Gasteiger partial charge < -0.3 is 15.0 Å². The maximum absolute atomic E-state index is 12.0. The first-order valence-electron chi connectivity index (χ1n) is 6.90. The van der Waals surface area contributed by atoms with Crippen LogP contribution >= 0.6 is 0 Å². The van der Waals surface area contributed by atoms with E-state index in [9.17, 15) is 4.79 Å². The van der Waals surface area contributed by atoms with Gasteiger partial charge in [-0.05, 0) is 30.9 Å². The largest absolute Gasteiger partial charge is 0.384 e. The van der Waals surface area contributed by atoms with Crippen LogP contribution in [0.1, 0.15) is 18.4 Å². The first-order chi connectivity index (χ1) is 9.31. The van der Waals surface area contributed by atoms with Gasteiger partial charge in [0.05, 0.1) is 13.2 Å². The SMILES string of the molecule is COCCc1ccccc1NCC(=O)N1CCCC1. The lowest BCUT2D eigenvalue weighted by Crippen LogP contribution is -2.33. The molecule has 1 N–H and O–H groups in total. The first kappa shape index (κ1) is 13.9. The molecule has 19 heavy (non-hydrogen) atoms. The number of methoxy groups -OCH3 is 1. The number of nitrogens with one attached hydrogen (secondary N) is 1. The number of rotatable bonds is 6. The van der Waals surface area contributed by atoms with E-state index in [2.05, 4.69) is 11.4 Å². The van der Waals surface area contributed by atoms with Gasteiger partial charge in [-0.2, -0.15) is 0 Å². The standard InChI is InChI=1S/C15H22N2O2/c1-19-11-8-13-6-2-3-7-14(13)16-12-15(18)17-9-4-5-10-17/h2-3,6-7,16H,4-5,8-12H2,1H3. The minimum absolute atomic E-state index is 0.194. The van der Waals surface area contributed by atoms with Gasteiger partial charge in [0.25, 0.3) is 0 Å². The van der Waals surface area contributed by atoms with E-state index in [1.807, 2.05) is 23.1 Å². The first-order valence-corrected chi connectivity index (χ1v) is 6.90. The minimum atomic E-state index is 0.194. The Balaban J connectivity index is 1.89. The van der Waals surface area contributed by atoms with Gasteiger partial charge in [0, 0.05) is 25.9 Å². The van der Waals surface area contributed by atoms with E-state index < -0.39 is 0 Å². The molecule has 0 radical (unpaired) electrons. The normalized spacial score (nSPS) is 14.7. The van der Waals surface area contributed by atoms with Gasteiger partial charge in [-0.3, -0.25) is 4.79 Å². The number of anilines is 1. The van der Waals surface area contributed by atoms with Crippen molar-refractivity contribution in [1.82, 2.24) is 4.90 Å². The smallest absolute Gasteiger partial charge is 0.241 e. The molecule has 4 nitrogen and oxygen atoms in total. The molecular formula is C15H22N2O2. The van der Waals surface area contributed by atoms with Gasteiger partial charge in [-0.25, -0.2) is 0 Å². The zero-order valence-corrected chi connectivity index (χ0v) is 11.5. The highest BCUT2D eigenvalue weighted by Gasteiger charge is 2.17. The van der Waals surface area contributed by atoms with Crippen LogP contribution in [0.5, 0.6) is 0 Å². The van der Waals surface area contributed by atoms with Crippen molar-refractivity contribution in [2.24, 2.45) is 0 Å². The number of carbonyl (C=O) groups excluding carboxylic acids is 1. The van der Waals surface area contributed by atoms with Gasteiger partial charge in [0.2, 0.25) is 5.91 Å². The molecule has 1 saturated heterocycles. The average molecular weight is 262 g/mol. The van der Waals surface area contributed by atoms with Crippen molar-refractivity contribution in [3.63, 3.8) is 0 Å². The molecule has 1 fully saturated rings. The summed E-state index contributed by atoms with van der Waals surface area (Å²) in [6.07, 6.45) is 3.13. The number of benzene rings is 1. The molecule has 0 spiro atoms. The second-order valence-corrected chi connectivity index (χ2v) is 4.84. The fourth-order valence-electron chi connectivity index (χ4n) is 2.37. The highest BCUT2D eigenvalue weighted by molar-refractivity contribution is 5.81. The van der Waals surface area contributed by atoms with Crippen molar-refractivity contribution < 1.29 is 9.53 Å². The Kier molecular flexibility index (Phi) is 5.21. The van der Waals surface area contributed by atoms with Crippen molar-refractivity contribution in [1.29, 1.82) is 0 Å². The molecule has 1 aromatic rings. The highest BCUT2D eigenvalue weighted by Crippen LogP contribution is 2.16. The molecule has 104 valence electrons. The molecule has 1 heterocycles. The predicted octanol–water partition coefficient (Wildman–Crippen LogP) is 1.91. The Morgan fingerprint density at radius 3 is 2.79 bits per heavy atom. The molecule has 0 bridgehead atoms. The fraction of sp³-hybridized carbons (Fsp3) is 0.533. The monoisotopic (exact) mass is 262 g/mol. The number of carbonyl (C=O) groups is 1. The number of hydrogen-bond donors (Lipinski definition) is 1. The van der Waals surface area contributed by atoms with E-state index in [-0.39, 0.29) is 5.91 Å². The van der Waals surface area contributed by atoms with Crippen molar-refractivity contribution in [2.45, 2.75) is 19.3 Å². The van der Waals surface area contributed by atoms with Crippen molar-refractivity contribution in [2.75, 3.05) is 38.7 Å². The summed E-state index contributed by atoms with van der Waals surface area (Å²) in [6.45, 7) is 2.89. The summed E-state index contributed by atoms with van der Waals surface area (Å²) in [5, 5.41) is 3.25. The zero-order valence-electron chi connectivity index (χ0n) is 11.5. The van der Waals surface area contributed by atoms with Gasteiger partial charge in [0.15, 0.2) is 0 Å². The Bertz CT molecular complexity index is 414. The molecule has 1 aliphatic heterocycles. The second-order valence-electron chi connectivity index (χ2n) is 4.84. The quantitative estimate of drug-likeness (QED) is 0.851. The lowest BCUT2D eigenvalue weighted by Gasteiger charge is -2.17. The van der Waals surface area contributed by atoms with Crippen LogP contribution in [0.3, 0.4) is 0 Å². The number of nitrogens with zero attached hydrogens (tertiary/aromatic N) is 1. The summed E-state index contributed by atoms with van der Waals surface area (Å²) in [5.74, 6) is 0.194. The summed E-state index contributed by atoms with van der Waals surface area (Å²) in [5.41, 5.74) is 2.23. The number of amides is 1. The lowest BCUT2D eigenvalue weighted by molar-refractivity contribution is -0.128. The Morgan fingerprint density at radius 1 is 1.32 bits per heavy atom. The van der Waals surface area contributed by atoms with E-state index in [1.54, 1.807) is 7.11 Å². The lowest BCUT2D eigenvalue weighted by atomic mass is 10.1. The predicted molar refractivity (Wildman–Crippen MR) is 76.3 cm³/mol. The summed E-state index contributed by atoms with van der Waals surface area (Å²) in [6, 6.07) is 8.08. The minimum Gasteiger partial charge on any atom is -0.384 e. The van der Waals surface area contributed by atoms with Crippen LogP contribution in [0.4, 0.5) is 5.69 Å².